The van der Waals surface area contributed by atoms with Crippen molar-refractivity contribution in [2.24, 2.45) is 5.41 Å². The Morgan fingerprint density at radius 1 is 1.06 bits per heavy atom. The summed E-state index contributed by atoms with van der Waals surface area (Å²) < 4.78 is 26.0. The molecule has 1 saturated heterocycles. The number of aliphatic hydroxyl groups excluding tert-OH is 1. The molecule has 1 aliphatic rings. The average molecular weight is 741 g/mol. The molecule has 4 atom stereocenters. The molecule has 0 radical (unpaired) electrons. The van der Waals surface area contributed by atoms with E-state index in [4.69, 9.17) is 23.4 Å². The van der Waals surface area contributed by atoms with Gasteiger partial charge >= 0.3 is 5.97 Å². The number of rotatable bonds is 19. The predicted octanol–water partition coefficient (Wildman–Crippen LogP) is 3.27. The first-order chi connectivity index (χ1) is 25.1. The number of hydrogen-bond acceptors (Lipinski definition) is 12. The number of hydrogen-bond donors (Lipinski definition) is 3. The van der Waals surface area contributed by atoms with Crippen LogP contribution in [0.1, 0.15) is 39.3 Å². The van der Waals surface area contributed by atoms with Crippen LogP contribution in [-0.2, 0) is 44.5 Å². The number of aliphatic hydroxyl groups is 1. The summed E-state index contributed by atoms with van der Waals surface area (Å²) in [6, 6.07) is -1.20. The quantitative estimate of drug-likeness (QED) is 0.0618. The highest BCUT2D eigenvalue weighted by atomic mass is 16.8. The van der Waals surface area contributed by atoms with Gasteiger partial charge in [0.2, 0.25) is 5.91 Å². The van der Waals surface area contributed by atoms with Crippen LogP contribution < -0.4 is 5.32 Å². The third-order valence-corrected chi connectivity index (χ3v) is 8.28. The largest absolute Gasteiger partial charge is 0.467 e. The van der Waals surface area contributed by atoms with Crippen molar-refractivity contribution >= 4 is 23.7 Å². The van der Waals surface area contributed by atoms with Gasteiger partial charge in [0, 0.05) is 40.1 Å². The highest BCUT2D eigenvalue weighted by molar-refractivity contribution is 5.95. The number of carbonyl (C=O) groups excluding carboxylic acids is 4. The second kappa shape index (κ2) is 21.6. The minimum atomic E-state index is -2.24. The van der Waals surface area contributed by atoms with Gasteiger partial charge in [-0.2, -0.15) is 5.06 Å². The number of hydroxylamine groups is 2. The normalized spacial score (nSPS) is 18.9. The third-order valence-electron chi connectivity index (χ3n) is 8.28. The zero-order chi connectivity index (χ0) is 39.6. The molecule has 0 bridgehead atoms. The number of allylic oxidation sites excluding steroid dienone is 11. The summed E-state index contributed by atoms with van der Waals surface area (Å²) >= 11 is 0. The summed E-state index contributed by atoms with van der Waals surface area (Å²) in [6.45, 7) is 7.82. The Hall–Kier alpha value is -4.93. The standard InChI is InChI=1S/C38H52N4O11/c1-27(20-16-13-14-17-21-30-24-40-29(3)53-30)33(44)37(4,5)35(46)39-23-19-15-11-9-10-12-18-22-31(43)42(48)38(25-51-26-52-38)36(47)41(6)32(28(2)49-7)34(45)50-8/h9-20,22,24,28,32-33,44,48H,21,23,25-26H2,1-8H3,(H,39,46)/b11-9+,12-10+,16-13-,17-14+,19-15-,22-18+,27-20-. The van der Waals surface area contributed by atoms with Gasteiger partial charge in [0.05, 0.1) is 30.9 Å². The van der Waals surface area contributed by atoms with Crippen LogP contribution in [0.15, 0.2) is 95.2 Å². The van der Waals surface area contributed by atoms with Gasteiger partial charge in [-0.3, -0.25) is 19.6 Å². The second-order valence-electron chi connectivity index (χ2n) is 12.5. The van der Waals surface area contributed by atoms with Crippen LogP contribution in [0.25, 0.3) is 0 Å². The fourth-order valence-electron chi connectivity index (χ4n) is 5.00. The average Bonchev–Trinajstić information content (AvgIpc) is 3.82. The molecule has 15 heteroatoms. The molecular weight excluding hydrogens is 688 g/mol. The first-order valence-electron chi connectivity index (χ1n) is 16.8. The smallest absolute Gasteiger partial charge is 0.331 e. The van der Waals surface area contributed by atoms with Crippen molar-refractivity contribution in [1.82, 2.24) is 20.3 Å². The van der Waals surface area contributed by atoms with Gasteiger partial charge in [-0.1, -0.05) is 72.9 Å². The molecule has 1 fully saturated rings. The lowest BCUT2D eigenvalue weighted by Gasteiger charge is -2.38. The summed E-state index contributed by atoms with van der Waals surface area (Å²) in [5.41, 5.74) is -2.68. The molecule has 3 amide bonds. The summed E-state index contributed by atoms with van der Waals surface area (Å²) in [4.78, 5) is 56.5. The van der Waals surface area contributed by atoms with Crippen LogP contribution in [0.3, 0.4) is 0 Å². The molecule has 2 heterocycles. The molecule has 1 aromatic rings. The number of nitrogens with one attached hydrogen (secondary N) is 1. The number of oxazole rings is 1. The van der Waals surface area contributed by atoms with E-state index in [2.05, 4.69) is 10.3 Å². The van der Waals surface area contributed by atoms with Crippen LogP contribution in [0.2, 0.25) is 0 Å². The number of ether oxygens (including phenoxy) is 4. The van der Waals surface area contributed by atoms with E-state index in [1.54, 1.807) is 83.3 Å². The molecule has 4 unspecified atom stereocenters. The van der Waals surface area contributed by atoms with Crippen molar-refractivity contribution in [1.29, 1.82) is 0 Å². The second-order valence-corrected chi connectivity index (χ2v) is 12.5. The van der Waals surface area contributed by atoms with Gasteiger partial charge in [-0.25, -0.2) is 9.78 Å². The predicted molar refractivity (Wildman–Crippen MR) is 195 cm³/mol. The Kier molecular flexibility index (Phi) is 18.0. The number of amides is 3. The zero-order valence-corrected chi connectivity index (χ0v) is 31.6. The van der Waals surface area contributed by atoms with Crippen LogP contribution in [0, 0.1) is 12.3 Å². The first-order valence-corrected chi connectivity index (χ1v) is 16.8. The van der Waals surface area contributed by atoms with Gasteiger partial charge in [0.25, 0.3) is 17.5 Å². The Morgan fingerprint density at radius 3 is 2.30 bits per heavy atom. The van der Waals surface area contributed by atoms with E-state index in [9.17, 15) is 29.5 Å². The molecule has 53 heavy (non-hydrogen) atoms. The molecule has 0 saturated carbocycles. The Labute approximate surface area is 310 Å². The van der Waals surface area contributed by atoms with Crippen molar-refractivity contribution in [2.75, 3.05) is 41.2 Å². The lowest BCUT2D eigenvalue weighted by Crippen LogP contribution is -2.64. The molecule has 15 nitrogen and oxygen atoms in total. The van der Waals surface area contributed by atoms with Crippen LogP contribution in [-0.4, -0.2) is 114 Å². The van der Waals surface area contributed by atoms with Gasteiger partial charge < -0.3 is 38.7 Å². The van der Waals surface area contributed by atoms with Gasteiger partial charge in [0.15, 0.2) is 18.7 Å². The summed E-state index contributed by atoms with van der Waals surface area (Å²) in [6.07, 6.45) is 22.0. The summed E-state index contributed by atoms with van der Waals surface area (Å²) in [7, 11) is 3.81. The molecular formula is C38H52N4O11. The lowest BCUT2D eigenvalue weighted by molar-refractivity contribution is -0.246. The van der Waals surface area contributed by atoms with E-state index in [1.165, 1.54) is 26.3 Å². The molecule has 1 aliphatic heterocycles. The Morgan fingerprint density at radius 2 is 1.70 bits per heavy atom. The summed E-state index contributed by atoms with van der Waals surface area (Å²) in [5, 5.41) is 24.5. The highest BCUT2D eigenvalue weighted by Gasteiger charge is 2.54. The molecule has 0 aliphatic carbocycles. The molecule has 290 valence electrons. The number of carbonyl (C=O) groups is 4. The molecule has 0 spiro atoms. The zero-order valence-electron chi connectivity index (χ0n) is 31.6. The molecule has 1 aromatic heterocycles. The maximum Gasteiger partial charge on any atom is 0.331 e. The maximum absolute atomic E-state index is 13.5. The third kappa shape index (κ3) is 12.6. The van der Waals surface area contributed by atoms with Crippen LogP contribution in [0.5, 0.6) is 0 Å². The molecule has 0 aromatic carbocycles. The number of likely N-dealkylation sites (N-methyl/N-ethyl adjacent to an activating group) is 1. The van der Waals surface area contributed by atoms with E-state index in [-0.39, 0.29) is 24.3 Å². The number of aromatic nitrogens is 1. The number of nitrogens with zero attached hydrogens (tertiary/aromatic N) is 3. The van der Waals surface area contributed by atoms with Crippen molar-refractivity contribution < 1.29 is 52.9 Å². The van der Waals surface area contributed by atoms with Gasteiger partial charge in [-0.15, -0.1) is 0 Å². The Balaban J connectivity index is 1.86. The monoisotopic (exact) mass is 740 g/mol. The van der Waals surface area contributed by atoms with E-state index >= 15 is 0 Å². The first kappa shape index (κ1) is 44.2. The van der Waals surface area contributed by atoms with Crippen LogP contribution in [0.4, 0.5) is 0 Å². The van der Waals surface area contributed by atoms with Crippen molar-refractivity contribution in [2.45, 2.75) is 65.0 Å². The molecule has 3 N–H and O–H groups in total. The minimum absolute atomic E-state index is 0.125. The van der Waals surface area contributed by atoms with E-state index in [1.807, 2.05) is 18.2 Å². The van der Waals surface area contributed by atoms with Crippen molar-refractivity contribution in [3.05, 3.63) is 102 Å². The van der Waals surface area contributed by atoms with Crippen molar-refractivity contribution in [3.8, 4) is 0 Å². The SMILES string of the molecule is COC(=O)C(C(C)OC)N(C)C(=O)C1(N(O)C(=O)/C=C/C=C/C=C/C=C\CNC(=O)C(C)(C)C(O)\C(C)=C/C=C\C=C\Cc2cnc(C)o2)COCO1. The number of aryl methyl sites for hydroxylation is 1. The van der Waals surface area contributed by atoms with Gasteiger partial charge in [0.1, 0.15) is 12.4 Å². The number of methoxy groups -OCH3 is 2. The Bertz CT molecular complexity index is 1600. The van der Waals surface area contributed by atoms with Gasteiger partial charge in [-0.05, 0) is 33.3 Å². The van der Waals surface area contributed by atoms with E-state index < -0.39 is 53.8 Å². The fourth-order valence-corrected chi connectivity index (χ4v) is 5.00. The van der Waals surface area contributed by atoms with E-state index in [0.29, 0.717) is 17.9 Å². The fraction of sp³-hybridized carbons (Fsp3) is 0.447. The van der Waals surface area contributed by atoms with E-state index in [0.717, 1.165) is 23.8 Å². The molecule has 2 rings (SSSR count). The topological polar surface area (TPSA) is 190 Å². The van der Waals surface area contributed by atoms with Crippen molar-refractivity contribution in [3.63, 3.8) is 0 Å². The number of esters is 1. The highest BCUT2D eigenvalue weighted by Crippen LogP contribution is 2.28. The lowest BCUT2D eigenvalue weighted by atomic mass is 9.81. The van der Waals surface area contributed by atoms with Crippen LogP contribution >= 0.6 is 0 Å². The maximum atomic E-state index is 13.5. The summed E-state index contributed by atoms with van der Waals surface area (Å²) in [5.74, 6) is -1.59. The minimum Gasteiger partial charge on any atom is -0.467 e.